The number of allylic oxidation sites excluding steroid dienone is 1. The molecule has 1 aromatic carbocycles. The predicted octanol–water partition coefficient (Wildman–Crippen LogP) is -2.14. The van der Waals surface area contributed by atoms with E-state index in [4.69, 9.17) is 9.47 Å². The van der Waals surface area contributed by atoms with E-state index in [9.17, 15) is 68.9 Å². The number of aliphatic hydroxyl groups excluding tert-OH is 8. The third-order valence-electron chi connectivity index (χ3n) is 6.10. The highest BCUT2D eigenvalue weighted by Gasteiger charge is 2.47. The molecular formula is C24H29F3N2O12. The molecule has 2 rings (SSSR count). The summed E-state index contributed by atoms with van der Waals surface area (Å²) in [5, 5.41) is 88.7. The number of carbonyl (C=O) groups is 2. The van der Waals surface area contributed by atoms with Gasteiger partial charge in [-0.1, -0.05) is 0 Å². The maximum Gasteiger partial charge on any atom is 0.416 e. The molecule has 1 amide bonds. The molecular weight excluding hydrogens is 565 g/mol. The first-order chi connectivity index (χ1) is 19.1. The van der Waals surface area contributed by atoms with Crippen molar-refractivity contribution in [2.24, 2.45) is 0 Å². The number of anilines is 1. The Morgan fingerprint density at radius 3 is 2.15 bits per heavy atom. The van der Waals surface area contributed by atoms with Crippen molar-refractivity contribution in [3.63, 3.8) is 0 Å². The molecule has 8 atom stereocenters. The molecule has 1 unspecified atom stereocenters. The SMILES string of the molecule is C/C(O)=C(\C#N)C(=O)N(CC(=O)[C@H](O)[C@H](O[C@@H]1O[C@H](CO)[C@H](O)[C@H](O)[C@H]1O)C(O)CO)c1ccc(C(F)(F)F)cc1. The second-order valence-electron chi connectivity index (χ2n) is 8.97. The Morgan fingerprint density at radius 2 is 1.68 bits per heavy atom. The Hall–Kier alpha value is -3.18. The zero-order chi connectivity index (χ0) is 31.2. The molecule has 0 spiro atoms. The molecule has 0 bridgehead atoms. The van der Waals surface area contributed by atoms with Crippen LogP contribution in [0.3, 0.4) is 0 Å². The van der Waals surface area contributed by atoms with Crippen LogP contribution in [-0.2, 0) is 25.2 Å². The topological polar surface area (TPSA) is 241 Å². The molecule has 0 aliphatic carbocycles. The number of hydrogen-bond acceptors (Lipinski definition) is 13. The molecule has 17 heteroatoms. The highest BCUT2D eigenvalue weighted by atomic mass is 19.4. The molecule has 14 nitrogen and oxygen atoms in total. The number of Topliss-reactive ketones (excluding diaryl/α,β-unsaturated/α-hetero) is 1. The van der Waals surface area contributed by atoms with Gasteiger partial charge in [-0.2, -0.15) is 18.4 Å². The molecule has 1 fully saturated rings. The van der Waals surface area contributed by atoms with Crippen LogP contribution in [0, 0.1) is 11.3 Å². The summed E-state index contributed by atoms with van der Waals surface area (Å²) in [5.41, 5.74) is -2.38. The van der Waals surface area contributed by atoms with Gasteiger partial charge in [-0.3, -0.25) is 9.59 Å². The normalized spacial score (nSPS) is 25.9. The maximum atomic E-state index is 13.1. The van der Waals surface area contributed by atoms with Gasteiger partial charge in [-0.15, -0.1) is 0 Å². The van der Waals surface area contributed by atoms with Gasteiger partial charge < -0.3 is 55.2 Å². The number of rotatable bonds is 11. The first-order valence-electron chi connectivity index (χ1n) is 11.8. The smallest absolute Gasteiger partial charge is 0.416 e. The van der Waals surface area contributed by atoms with Crippen LogP contribution in [0.5, 0.6) is 0 Å². The number of nitrogens with zero attached hydrogens (tertiary/aromatic N) is 2. The number of carbonyl (C=O) groups excluding carboxylic acids is 2. The van der Waals surface area contributed by atoms with Crippen LogP contribution in [0.25, 0.3) is 0 Å². The highest BCUT2D eigenvalue weighted by Crippen LogP contribution is 2.31. The summed E-state index contributed by atoms with van der Waals surface area (Å²) in [6, 6.07) is 4.10. The van der Waals surface area contributed by atoms with E-state index in [2.05, 4.69) is 0 Å². The number of hydrogen-bond donors (Lipinski definition) is 8. The molecule has 8 N–H and O–H groups in total. The van der Waals surface area contributed by atoms with Crippen LogP contribution < -0.4 is 4.90 Å². The van der Waals surface area contributed by atoms with Gasteiger partial charge in [0.05, 0.1) is 25.3 Å². The van der Waals surface area contributed by atoms with Gasteiger partial charge in [0.2, 0.25) is 0 Å². The fraction of sp³-hybridized carbons (Fsp3) is 0.542. The second-order valence-corrected chi connectivity index (χ2v) is 8.97. The van der Waals surface area contributed by atoms with Gasteiger partial charge in [0.25, 0.3) is 5.91 Å². The third-order valence-corrected chi connectivity index (χ3v) is 6.10. The minimum absolute atomic E-state index is 0.369. The summed E-state index contributed by atoms with van der Waals surface area (Å²) in [6.45, 7) is -2.22. The van der Waals surface area contributed by atoms with E-state index in [1.165, 1.54) is 6.07 Å². The number of benzene rings is 1. The van der Waals surface area contributed by atoms with Crippen LogP contribution in [0.2, 0.25) is 0 Å². The zero-order valence-electron chi connectivity index (χ0n) is 21.3. The van der Waals surface area contributed by atoms with Crippen molar-refractivity contribution in [2.75, 3.05) is 24.7 Å². The fourth-order valence-corrected chi connectivity index (χ4v) is 3.78. The largest absolute Gasteiger partial charge is 0.511 e. The summed E-state index contributed by atoms with van der Waals surface area (Å²) >= 11 is 0. The molecule has 1 aliphatic rings. The summed E-state index contributed by atoms with van der Waals surface area (Å²) in [7, 11) is 0. The lowest BCUT2D eigenvalue weighted by molar-refractivity contribution is -0.323. The van der Waals surface area contributed by atoms with E-state index in [1.54, 1.807) is 0 Å². The van der Waals surface area contributed by atoms with Crippen molar-refractivity contribution in [1.82, 2.24) is 0 Å². The number of nitriles is 1. The predicted molar refractivity (Wildman–Crippen MR) is 127 cm³/mol. The Morgan fingerprint density at radius 1 is 1.10 bits per heavy atom. The van der Waals surface area contributed by atoms with Gasteiger partial charge >= 0.3 is 6.18 Å². The monoisotopic (exact) mass is 594 g/mol. The van der Waals surface area contributed by atoms with Crippen LogP contribution in [-0.4, -0.2) is 121 Å². The number of halogens is 3. The van der Waals surface area contributed by atoms with E-state index in [0.717, 1.165) is 19.1 Å². The van der Waals surface area contributed by atoms with Gasteiger partial charge in [-0.05, 0) is 31.2 Å². The van der Waals surface area contributed by atoms with Crippen molar-refractivity contribution in [3.8, 4) is 6.07 Å². The quantitative estimate of drug-likeness (QED) is 0.0776. The van der Waals surface area contributed by atoms with Crippen LogP contribution >= 0.6 is 0 Å². The zero-order valence-corrected chi connectivity index (χ0v) is 21.3. The van der Waals surface area contributed by atoms with Gasteiger partial charge in [0.15, 0.2) is 17.6 Å². The van der Waals surface area contributed by atoms with Crippen LogP contribution in [0.15, 0.2) is 35.6 Å². The molecule has 0 radical (unpaired) electrons. The first-order valence-corrected chi connectivity index (χ1v) is 11.8. The van der Waals surface area contributed by atoms with Crippen molar-refractivity contribution in [1.29, 1.82) is 5.26 Å². The van der Waals surface area contributed by atoms with Gasteiger partial charge in [-0.25, -0.2) is 0 Å². The summed E-state index contributed by atoms with van der Waals surface area (Å²) in [4.78, 5) is 26.5. The van der Waals surface area contributed by atoms with Crippen molar-refractivity contribution >= 4 is 17.4 Å². The summed E-state index contributed by atoms with van der Waals surface area (Å²) in [5.74, 6) is -3.50. The van der Waals surface area contributed by atoms with E-state index < -0.39 is 104 Å². The van der Waals surface area contributed by atoms with Crippen LogP contribution in [0.1, 0.15) is 12.5 Å². The number of ketones is 1. The molecule has 228 valence electrons. The summed E-state index contributed by atoms with van der Waals surface area (Å²) in [6.07, 6.45) is -20.6. The lowest BCUT2D eigenvalue weighted by Gasteiger charge is -2.41. The van der Waals surface area contributed by atoms with E-state index in [1.807, 2.05) is 0 Å². The number of ether oxygens (including phenoxy) is 2. The lowest BCUT2D eigenvalue weighted by Crippen LogP contribution is -2.61. The molecule has 41 heavy (non-hydrogen) atoms. The number of aliphatic hydroxyl groups is 8. The third kappa shape index (κ3) is 7.97. The minimum Gasteiger partial charge on any atom is -0.511 e. The average Bonchev–Trinajstić information content (AvgIpc) is 2.93. The Kier molecular flexibility index (Phi) is 11.7. The van der Waals surface area contributed by atoms with E-state index in [-0.39, 0.29) is 5.69 Å². The van der Waals surface area contributed by atoms with Gasteiger partial charge in [0, 0.05) is 5.69 Å². The Labute approximate surface area is 230 Å². The first kappa shape index (κ1) is 34.0. The average molecular weight is 594 g/mol. The lowest BCUT2D eigenvalue weighted by atomic mass is 9.98. The fourth-order valence-electron chi connectivity index (χ4n) is 3.78. The molecule has 1 aromatic rings. The molecule has 0 saturated carbocycles. The van der Waals surface area contributed by atoms with E-state index in [0.29, 0.717) is 17.0 Å². The number of alkyl halides is 3. The standard InChI is InChI=1S/C24H29F3N2O12/c1-10(32)13(6-28)22(39)29(12-4-2-11(3-5-12)24(25,26)27)7-14(33)17(35)21(15(34)8-30)41-23-20(38)19(37)18(36)16(9-31)40-23/h2-5,15-21,23,30-32,34-38H,7-9H2,1H3/b13-10-/t15?,16-,17+,18+,19+,20-,21-,23+/m1/s1. The minimum atomic E-state index is -4.76. The van der Waals surface area contributed by atoms with Crippen molar-refractivity contribution < 1.29 is 73.1 Å². The van der Waals surface area contributed by atoms with Crippen molar-refractivity contribution in [2.45, 2.75) is 62.1 Å². The van der Waals surface area contributed by atoms with Crippen molar-refractivity contribution in [3.05, 3.63) is 41.2 Å². The van der Waals surface area contributed by atoms with Crippen LogP contribution in [0.4, 0.5) is 18.9 Å². The highest BCUT2D eigenvalue weighted by molar-refractivity contribution is 6.11. The second kappa shape index (κ2) is 14.1. The van der Waals surface area contributed by atoms with E-state index >= 15 is 0 Å². The summed E-state index contributed by atoms with van der Waals surface area (Å²) < 4.78 is 49.4. The molecule has 0 aromatic heterocycles. The Bertz CT molecular complexity index is 1130. The molecule has 1 saturated heterocycles. The van der Waals surface area contributed by atoms with Gasteiger partial charge in [0.1, 0.15) is 54.6 Å². The Balaban J connectivity index is 2.41. The molecule has 1 heterocycles. The number of amides is 1. The molecule has 1 aliphatic heterocycles. The maximum absolute atomic E-state index is 13.1.